The monoisotopic (exact) mass is 491 g/mol. The molecular formula is C26H25N3O5S. The van der Waals surface area contributed by atoms with E-state index in [2.05, 4.69) is 5.32 Å². The van der Waals surface area contributed by atoms with Gasteiger partial charge < -0.3 is 24.1 Å². The van der Waals surface area contributed by atoms with E-state index in [1.54, 1.807) is 19.9 Å². The van der Waals surface area contributed by atoms with E-state index < -0.39 is 11.9 Å². The second-order valence-electron chi connectivity index (χ2n) is 8.03. The zero-order chi connectivity index (χ0) is 25.3. The molecule has 180 valence electrons. The number of ether oxygens (including phenoxy) is 3. The molecule has 4 rings (SSSR count). The Morgan fingerprint density at radius 3 is 2.66 bits per heavy atom. The fourth-order valence-corrected chi connectivity index (χ4v) is 5.04. The Balaban J connectivity index is 1.65. The molecule has 0 bridgehead atoms. The fourth-order valence-electron chi connectivity index (χ4n) is 3.99. The minimum absolute atomic E-state index is 0.0746. The van der Waals surface area contributed by atoms with Crippen LogP contribution in [0.15, 0.2) is 29.8 Å². The average molecular weight is 492 g/mol. The van der Waals surface area contributed by atoms with E-state index in [-0.39, 0.29) is 19.0 Å². The van der Waals surface area contributed by atoms with Crippen LogP contribution < -0.4 is 14.8 Å². The number of thiophene rings is 1. The maximum Gasteiger partial charge on any atom is 0.341 e. The van der Waals surface area contributed by atoms with Gasteiger partial charge in [-0.05, 0) is 70.0 Å². The summed E-state index contributed by atoms with van der Waals surface area (Å²) < 4.78 is 18.1. The van der Waals surface area contributed by atoms with Crippen molar-refractivity contribution in [3.63, 3.8) is 0 Å². The number of aryl methyl sites for hydroxylation is 2. The topological polar surface area (TPSA) is 103 Å². The van der Waals surface area contributed by atoms with E-state index in [9.17, 15) is 14.9 Å². The number of hydrogen-bond acceptors (Lipinski definition) is 7. The van der Waals surface area contributed by atoms with Gasteiger partial charge in [0.05, 0.1) is 12.2 Å². The number of benzene rings is 1. The zero-order valence-corrected chi connectivity index (χ0v) is 21.0. The number of rotatable bonds is 6. The number of carbonyl (C=O) groups is 2. The predicted molar refractivity (Wildman–Crippen MR) is 133 cm³/mol. The molecule has 35 heavy (non-hydrogen) atoms. The van der Waals surface area contributed by atoms with Gasteiger partial charge in [0.1, 0.15) is 16.6 Å². The van der Waals surface area contributed by atoms with E-state index in [4.69, 9.17) is 14.2 Å². The first-order valence-corrected chi connectivity index (χ1v) is 11.9. The van der Waals surface area contributed by atoms with Gasteiger partial charge in [0.25, 0.3) is 5.91 Å². The Morgan fingerprint density at radius 2 is 1.94 bits per heavy atom. The number of carbonyl (C=O) groups excluding carboxylic acids is 2. The number of nitrogens with one attached hydrogen (secondary N) is 1. The molecule has 0 saturated carbocycles. The number of aromatic nitrogens is 1. The van der Waals surface area contributed by atoms with Crippen LogP contribution in [-0.4, -0.2) is 29.8 Å². The van der Waals surface area contributed by atoms with Crippen molar-refractivity contribution in [3.05, 3.63) is 62.8 Å². The second-order valence-corrected chi connectivity index (χ2v) is 9.26. The van der Waals surface area contributed by atoms with E-state index >= 15 is 0 Å². The Hall–Kier alpha value is -4.03. The van der Waals surface area contributed by atoms with E-state index in [0.29, 0.717) is 22.1 Å². The lowest BCUT2D eigenvalue weighted by molar-refractivity contribution is -0.112. The van der Waals surface area contributed by atoms with Crippen molar-refractivity contribution in [1.82, 2.24) is 4.57 Å². The van der Waals surface area contributed by atoms with Crippen molar-refractivity contribution in [2.24, 2.45) is 0 Å². The standard InChI is InChI=1S/C26H25N3O5S/c1-6-32-26(31)23-15(3)17(5)35-25(23)28-24(30)19(12-27)10-18-9-14(2)29(16(18)4)20-7-8-21-22(11-20)34-13-33-21/h7-11H,6,13H2,1-5H3,(H,28,30)/b19-10-. The minimum Gasteiger partial charge on any atom is -0.462 e. The van der Waals surface area contributed by atoms with Gasteiger partial charge in [-0.15, -0.1) is 11.3 Å². The number of fused-ring (bicyclic) bond motifs is 1. The number of hydrogen-bond donors (Lipinski definition) is 1. The van der Waals surface area contributed by atoms with Gasteiger partial charge in [-0.3, -0.25) is 4.79 Å². The first-order valence-electron chi connectivity index (χ1n) is 11.0. The fraction of sp³-hybridized carbons (Fsp3) is 0.269. The molecule has 8 nitrogen and oxygen atoms in total. The van der Waals surface area contributed by atoms with Crippen LogP contribution in [0.5, 0.6) is 11.5 Å². The summed E-state index contributed by atoms with van der Waals surface area (Å²) in [6.45, 7) is 9.68. The molecule has 1 aromatic carbocycles. The third-order valence-corrected chi connectivity index (χ3v) is 6.96. The molecular weight excluding hydrogens is 466 g/mol. The van der Waals surface area contributed by atoms with Crippen LogP contribution in [0.1, 0.15) is 44.7 Å². The van der Waals surface area contributed by atoms with Crippen molar-refractivity contribution in [2.45, 2.75) is 34.6 Å². The van der Waals surface area contributed by atoms with Crippen LogP contribution in [0.4, 0.5) is 5.00 Å². The Morgan fingerprint density at radius 1 is 1.20 bits per heavy atom. The van der Waals surface area contributed by atoms with Gasteiger partial charge in [0.15, 0.2) is 11.5 Å². The lowest BCUT2D eigenvalue weighted by Crippen LogP contribution is -2.16. The molecule has 1 aliphatic rings. The largest absolute Gasteiger partial charge is 0.462 e. The molecule has 0 saturated heterocycles. The molecule has 1 amide bonds. The molecule has 3 heterocycles. The number of anilines is 1. The lowest BCUT2D eigenvalue weighted by atomic mass is 10.1. The summed E-state index contributed by atoms with van der Waals surface area (Å²) in [5.41, 5.74) is 4.40. The van der Waals surface area contributed by atoms with Gasteiger partial charge in [0.2, 0.25) is 6.79 Å². The van der Waals surface area contributed by atoms with Gasteiger partial charge in [-0.25, -0.2) is 4.79 Å². The normalized spacial score (nSPS) is 12.4. The highest BCUT2D eigenvalue weighted by molar-refractivity contribution is 7.16. The SMILES string of the molecule is CCOC(=O)c1c(NC(=O)/C(C#N)=C\c2cc(C)n(-c3ccc4c(c3)OCO4)c2C)sc(C)c1C. The van der Waals surface area contributed by atoms with Crippen LogP contribution in [-0.2, 0) is 9.53 Å². The first-order chi connectivity index (χ1) is 16.7. The summed E-state index contributed by atoms with van der Waals surface area (Å²) in [7, 11) is 0. The third-order valence-electron chi connectivity index (χ3n) is 5.84. The van der Waals surface area contributed by atoms with E-state index in [0.717, 1.165) is 33.1 Å². The summed E-state index contributed by atoms with van der Waals surface area (Å²) in [6, 6.07) is 9.57. The summed E-state index contributed by atoms with van der Waals surface area (Å²) in [6.07, 6.45) is 1.55. The van der Waals surface area contributed by atoms with Gasteiger partial charge in [0, 0.05) is 28.0 Å². The number of amides is 1. The molecule has 0 atom stereocenters. The minimum atomic E-state index is -0.591. The van der Waals surface area contributed by atoms with Gasteiger partial charge >= 0.3 is 5.97 Å². The maximum absolute atomic E-state index is 13.0. The summed E-state index contributed by atoms with van der Waals surface area (Å²) in [4.78, 5) is 26.3. The highest BCUT2D eigenvalue weighted by atomic mass is 32.1. The second kappa shape index (κ2) is 9.68. The molecule has 0 unspecified atom stereocenters. The molecule has 1 N–H and O–H groups in total. The van der Waals surface area contributed by atoms with Gasteiger partial charge in [-0.1, -0.05) is 0 Å². The molecule has 2 aromatic heterocycles. The van der Waals surface area contributed by atoms with Crippen LogP contribution in [0.2, 0.25) is 0 Å². The van der Waals surface area contributed by atoms with Crippen molar-refractivity contribution in [3.8, 4) is 23.3 Å². The summed E-state index contributed by atoms with van der Waals surface area (Å²) in [5, 5.41) is 12.8. The maximum atomic E-state index is 13.0. The van der Waals surface area contributed by atoms with Crippen molar-refractivity contribution in [1.29, 1.82) is 5.26 Å². The van der Waals surface area contributed by atoms with E-state index in [1.807, 2.05) is 55.7 Å². The van der Waals surface area contributed by atoms with Crippen LogP contribution in [0, 0.1) is 39.0 Å². The third kappa shape index (κ3) is 4.53. The average Bonchev–Trinajstić information content (AvgIpc) is 3.47. The van der Waals surface area contributed by atoms with Crippen molar-refractivity contribution < 1.29 is 23.8 Å². The Kier molecular flexibility index (Phi) is 6.67. The van der Waals surface area contributed by atoms with Crippen LogP contribution in [0.3, 0.4) is 0 Å². The number of esters is 1. The van der Waals surface area contributed by atoms with E-state index in [1.165, 1.54) is 11.3 Å². The molecule has 0 fully saturated rings. The Bertz CT molecular complexity index is 1410. The molecule has 0 spiro atoms. The Labute approximate surface area is 207 Å². The molecule has 0 aliphatic carbocycles. The number of nitrogens with zero attached hydrogens (tertiary/aromatic N) is 2. The van der Waals surface area contributed by atoms with Gasteiger partial charge in [-0.2, -0.15) is 5.26 Å². The van der Waals surface area contributed by atoms with Crippen molar-refractivity contribution in [2.75, 3.05) is 18.7 Å². The van der Waals surface area contributed by atoms with Crippen LogP contribution in [0.25, 0.3) is 11.8 Å². The van der Waals surface area contributed by atoms with Crippen LogP contribution >= 0.6 is 11.3 Å². The molecule has 9 heteroatoms. The molecule has 1 aliphatic heterocycles. The highest BCUT2D eigenvalue weighted by Gasteiger charge is 2.23. The summed E-state index contributed by atoms with van der Waals surface area (Å²) in [5.74, 6) is 0.274. The van der Waals surface area contributed by atoms with Crippen molar-refractivity contribution >= 4 is 34.3 Å². The highest BCUT2D eigenvalue weighted by Crippen LogP contribution is 2.36. The zero-order valence-electron chi connectivity index (χ0n) is 20.1. The summed E-state index contributed by atoms with van der Waals surface area (Å²) >= 11 is 1.28. The predicted octanol–water partition coefficient (Wildman–Crippen LogP) is 5.22. The quantitative estimate of drug-likeness (QED) is 0.288. The first kappa shape index (κ1) is 24.1. The smallest absolute Gasteiger partial charge is 0.341 e. The lowest BCUT2D eigenvalue weighted by Gasteiger charge is -2.10. The molecule has 0 radical (unpaired) electrons. The number of nitriles is 1. The molecule has 3 aromatic rings.